The zero-order valence-electron chi connectivity index (χ0n) is 5.54. The van der Waals surface area contributed by atoms with E-state index in [0.29, 0.717) is 0 Å². The van der Waals surface area contributed by atoms with E-state index in [9.17, 15) is 0 Å². The number of hydrogen-bond acceptors (Lipinski definition) is 0. The molecule has 0 spiro atoms. The summed E-state index contributed by atoms with van der Waals surface area (Å²) in [5.74, 6) is 0. The van der Waals surface area contributed by atoms with E-state index < -0.39 is 0 Å². The van der Waals surface area contributed by atoms with Gasteiger partial charge in [-0.15, -0.1) is 0 Å². The standard InChI is InChI=1S/C7H15.Ag/c1-3-5-7-6-4-2;/h1,3-7H2,2H3;. The fourth-order valence-corrected chi connectivity index (χ4v) is 0.604. The monoisotopic (exact) mass is 206 g/mol. The van der Waals surface area contributed by atoms with Crippen LogP contribution in [0.1, 0.15) is 39.0 Å². The van der Waals surface area contributed by atoms with E-state index in [0.717, 1.165) is 6.42 Å². The molecule has 0 unspecified atom stereocenters. The van der Waals surface area contributed by atoms with E-state index in [4.69, 9.17) is 0 Å². The molecule has 0 aromatic rings. The van der Waals surface area contributed by atoms with Crippen molar-refractivity contribution in [2.45, 2.75) is 39.0 Å². The van der Waals surface area contributed by atoms with E-state index in [1.807, 2.05) is 0 Å². The van der Waals surface area contributed by atoms with Gasteiger partial charge >= 0.3 is 0 Å². The fourth-order valence-electron chi connectivity index (χ4n) is 0.604. The summed E-state index contributed by atoms with van der Waals surface area (Å²) in [4.78, 5) is 0. The molecule has 0 aliphatic rings. The van der Waals surface area contributed by atoms with Crippen molar-refractivity contribution in [3.05, 3.63) is 6.92 Å². The molecule has 0 saturated heterocycles. The second-order valence-electron chi connectivity index (χ2n) is 1.91. The Kier molecular flexibility index (Phi) is 15.4. The van der Waals surface area contributed by atoms with Crippen molar-refractivity contribution >= 4 is 0 Å². The zero-order chi connectivity index (χ0) is 5.54. The minimum Gasteiger partial charge on any atom is -0.0654 e. The minimum absolute atomic E-state index is 0. The van der Waals surface area contributed by atoms with E-state index in [1.165, 1.54) is 25.7 Å². The van der Waals surface area contributed by atoms with E-state index >= 15 is 0 Å². The molecule has 0 rings (SSSR count). The fraction of sp³-hybridized carbons (Fsp3) is 0.857. The second-order valence-corrected chi connectivity index (χ2v) is 1.91. The third-order valence-electron chi connectivity index (χ3n) is 1.10. The van der Waals surface area contributed by atoms with Gasteiger partial charge < -0.3 is 0 Å². The van der Waals surface area contributed by atoms with Crippen LogP contribution in [0.2, 0.25) is 0 Å². The van der Waals surface area contributed by atoms with Crippen LogP contribution in [0.3, 0.4) is 0 Å². The molecule has 0 heterocycles. The van der Waals surface area contributed by atoms with E-state index in [1.54, 1.807) is 0 Å². The molecule has 0 aromatic heterocycles. The first-order chi connectivity index (χ1) is 3.41. The van der Waals surface area contributed by atoms with Crippen molar-refractivity contribution in [2.75, 3.05) is 0 Å². The molecule has 8 heavy (non-hydrogen) atoms. The van der Waals surface area contributed by atoms with Crippen molar-refractivity contribution in [2.24, 2.45) is 0 Å². The van der Waals surface area contributed by atoms with Gasteiger partial charge in [-0.2, -0.15) is 0 Å². The van der Waals surface area contributed by atoms with Crippen LogP contribution in [0.15, 0.2) is 0 Å². The SMILES string of the molecule is [Ag].[CH2]CCCCCC. The Morgan fingerprint density at radius 3 is 2.12 bits per heavy atom. The Labute approximate surface area is 68.6 Å². The quantitative estimate of drug-likeness (QED) is 0.491. The van der Waals surface area contributed by atoms with E-state index in [2.05, 4.69) is 13.8 Å². The van der Waals surface area contributed by atoms with Gasteiger partial charge in [-0.25, -0.2) is 0 Å². The molecule has 0 bridgehead atoms. The normalized spacial score (nSPS) is 8.25. The average Bonchev–Trinajstić information content (AvgIpc) is 1.69. The molecule has 0 N–H and O–H groups in total. The van der Waals surface area contributed by atoms with Crippen LogP contribution >= 0.6 is 0 Å². The Morgan fingerprint density at radius 1 is 1.12 bits per heavy atom. The van der Waals surface area contributed by atoms with Gasteiger partial charge in [0.05, 0.1) is 0 Å². The smallest absolute Gasteiger partial charge is 0 e. The summed E-state index contributed by atoms with van der Waals surface area (Å²) in [6.07, 6.45) is 6.52. The molecular weight excluding hydrogens is 192 g/mol. The van der Waals surface area contributed by atoms with Gasteiger partial charge in [-0.3, -0.25) is 0 Å². The van der Waals surface area contributed by atoms with Crippen LogP contribution in [0.5, 0.6) is 0 Å². The molecule has 0 atom stereocenters. The molecule has 0 amide bonds. The van der Waals surface area contributed by atoms with Gasteiger partial charge in [0.1, 0.15) is 0 Å². The molecule has 0 aromatic carbocycles. The maximum Gasteiger partial charge on any atom is 0 e. The summed E-state index contributed by atoms with van der Waals surface area (Å²) in [5, 5.41) is 0. The molecule has 54 valence electrons. The second kappa shape index (κ2) is 10.7. The van der Waals surface area contributed by atoms with Gasteiger partial charge in [-0.1, -0.05) is 46.0 Å². The van der Waals surface area contributed by atoms with Gasteiger partial charge in [-0.05, 0) is 0 Å². The summed E-state index contributed by atoms with van der Waals surface area (Å²) in [6.45, 7) is 5.98. The van der Waals surface area contributed by atoms with Gasteiger partial charge in [0.2, 0.25) is 0 Å². The Hall–Kier alpha value is 0.740. The van der Waals surface area contributed by atoms with Gasteiger partial charge in [0, 0.05) is 22.4 Å². The average molecular weight is 207 g/mol. The molecule has 0 fully saturated rings. The van der Waals surface area contributed by atoms with Crippen molar-refractivity contribution in [3.63, 3.8) is 0 Å². The minimum atomic E-state index is 0. The molecule has 0 saturated carbocycles. The largest absolute Gasteiger partial charge is 0.0654 e. The summed E-state index contributed by atoms with van der Waals surface area (Å²) in [5.41, 5.74) is 0. The number of unbranched alkanes of at least 4 members (excludes halogenated alkanes) is 4. The van der Waals surface area contributed by atoms with Crippen LogP contribution in [-0.4, -0.2) is 0 Å². The Bertz CT molecular complexity index is 23.6. The molecule has 0 aliphatic carbocycles. The van der Waals surface area contributed by atoms with Crippen molar-refractivity contribution in [3.8, 4) is 0 Å². The van der Waals surface area contributed by atoms with Crippen LogP contribution in [0, 0.1) is 6.92 Å². The summed E-state index contributed by atoms with van der Waals surface area (Å²) < 4.78 is 0. The molecule has 2 radical (unpaired) electrons. The molecular formula is C7H15Ag. The maximum atomic E-state index is 3.76. The first-order valence-corrected chi connectivity index (χ1v) is 3.21. The van der Waals surface area contributed by atoms with E-state index in [-0.39, 0.29) is 22.4 Å². The predicted octanol–water partition coefficient (Wildman–Crippen LogP) is 2.79. The van der Waals surface area contributed by atoms with Gasteiger partial charge in [0.25, 0.3) is 0 Å². The molecule has 0 nitrogen and oxygen atoms in total. The van der Waals surface area contributed by atoms with Crippen molar-refractivity contribution in [1.29, 1.82) is 0 Å². The summed E-state index contributed by atoms with van der Waals surface area (Å²) >= 11 is 0. The first kappa shape index (κ1) is 11.5. The van der Waals surface area contributed by atoms with Crippen molar-refractivity contribution in [1.82, 2.24) is 0 Å². The summed E-state index contributed by atoms with van der Waals surface area (Å²) in [7, 11) is 0. The third-order valence-corrected chi connectivity index (χ3v) is 1.10. The van der Waals surface area contributed by atoms with Crippen LogP contribution in [-0.2, 0) is 22.4 Å². The van der Waals surface area contributed by atoms with Crippen LogP contribution in [0.25, 0.3) is 0 Å². The van der Waals surface area contributed by atoms with Crippen LogP contribution < -0.4 is 0 Å². The van der Waals surface area contributed by atoms with Crippen molar-refractivity contribution < 1.29 is 22.4 Å². The molecule has 0 aliphatic heterocycles. The number of hydrogen-bond donors (Lipinski definition) is 0. The Morgan fingerprint density at radius 2 is 1.75 bits per heavy atom. The summed E-state index contributed by atoms with van der Waals surface area (Å²) in [6, 6.07) is 0. The topological polar surface area (TPSA) is 0 Å². The van der Waals surface area contributed by atoms with Crippen LogP contribution in [0.4, 0.5) is 0 Å². The first-order valence-electron chi connectivity index (χ1n) is 3.21. The predicted molar refractivity (Wildman–Crippen MR) is 34.1 cm³/mol. The number of rotatable bonds is 4. The Balaban J connectivity index is 0. The zero-order valence-corrected chi connectivity index (χ0v) is 7.03. The molecule has 1 heteroatoms. The maximum absolute atomic E-state index is 3.76. The third kappa shape index (κ3) is 9.88. The van der Waals surface area contributed by atoms with Gasteiger partial charge in [0.15, 0.2) is 0 Å².